The molecule has 3 heteroatoms. The van der Waals surface area contributed by atoms with Gasteiger partial charge in [0.1, 0.15) is 6.17 Å². The Labute approximate surface area is 103 Å². The van der Waals surface area contributed by atoms with Crippen LogP contribution in [-0.4, -0.2) is 23.4 Å². The third-order valence-corrected chi connectivity index (χ3v) is 3.23. The van der Waals surface area contributed by atoms with Gasteiger partial charge in [0, 0.05) is 6.54 Å². The Kier molecular flexibility index (Phi) is 3.48. The summed E-state index contributed by atoms with van der Waals surface area (Å²) in [7, 11) is 0. The number of hydrogen-bond acceptors (Lipinski definition) is 2. The van der Waals surface area contributed by atoms with E-state index < -0.39 is 0 Å². The molecule has 1 aromatic carbocycles. The Morgan fingerprint density at radius 3 is 2.53 bits per heavy atom. The smallest absolute Gasteiger partial charge is 0.241 e. The van der Waals surface area contributed by atoms with E-state index in [1.165, 1.54) is 11.1 Å². The van der Waals surface area contributed by atoms with E-state index in [2.05, 4.69) is 43.4 Å². The molecule has 0 bridgehead atoms. The molecule has 1 N–H and O–H groups in total. The van der Waals surface area contributed by atoms with Crippen LogP contribution in [0.1, 0.15) is 37.6 Å². The summed E-state index contributed by atoms with van der Waals surface area (Å²) < 4.78 is 0. The SMILES string of the molecule is CCCN1C(=O)C(C)NC1c1ccc(C)cc1. The Balaban J connectivity index is 2.24. The summed E-state index contributed by atoms with van der Waals surface area (Å²) in [6.45, 7) is 6.92. The summed E-state index contributed by atoms with van der Waals surface area (Å²) in [6.07, 6.45) is 1.03. The number of amides is 1. The van der Waals surface area contributed by atoms with Crippen LogP contribution in [0.4, 0.5) is 0 Å². The Hall–Kier alpha value is -1.35. The van der Waals surface area contributed by atoms with E-state index in [4.69, 9.17) is 0 Å². The van der Waals surface area contributed by atoms with Crippen molar-refractivity contribution in [2.45, 2.75) is 39.4 Å². The predicted octanol–water partition coefficient (Wildman–Crippen LogP) is 2.22. The molecular weight excluding hydrogens is 212 g/mol. The van der Waals surface area contributed by atoms with Crippen LogP contribution in [-0.2, 0) is 4.79 Å². The summed E-state index contributed by atoms with van der Waals surface area (Å²) in [5, 5.41) is 3.35. The summed E-state index contributed by atoms with van der Waals surface area (Å²) in [6, 6.07) is 8.30. The first-order valence-electron chi connectivity index (χ1n) is 6.26. The van der Waals surface area contributed by atoms with Gasteiger partial charge in [0.25, 0.3) is 0 Å². The first kappa shape index (κ1) is 12.1. The fraction of sp³-hybridized carbons (Fsp3) is 0.500. The molecule has 2 atom stereocenters. The second kappa shape index (κ2) is 4.88. The third-order valence-electron chi connectivity index (χ3n) is 3.23. The molecule has 0 aromatic heterocycles. The van der Waals surface area contributed by atoms with Gasteiger partial charge >= 0.3 is 0 Å². The molecule has 0 aliphatic carbocycles. The van der Waals surface area contributed by atoms with Crippen molar-refractivity contribution in [1.29, 1.82) is 0 Å². The minimum absolute atomic E-state index is 0.0399. The molecule has 1 amide bonds. The van der Waals surface area contributed by atoms with Gasteiger partial charge in [-0.3, -0.25) is 10.1 Å². The third kappa shape index (κ3) is 2.34. The average Bonchev–Trinajstić information content (AvgIpc) is 2.59. The molecule has 92 valence electrons. The fourth-order valence-electron chi connectivity index (χ4n) is 2.28. The van der Waals surface area contributed by atoms with E-state index in [1.807, 2.05) is 11.8 Å². The molecule has 2 rings (SSSR count). The van der Waals surface area contributed by atoms with Gasteiger partial charge in [0.2, 0.25) is 5.91 Å². The highest BCUT2D eigenvalue weighted by molar-refractivity contribution is 5.84. The molecule has 0 saturated carbocycles. The second-order valence-electron chi connectivity index (χ2n) is 4.73. The molecule has 0 spiro atoms. The van der Waals surface area contributed by atoms with Gasteiger partial charge in [-0.2, -0.15) is 0 Å². The molecule has 17 heavy (non-hydrogen) atoms. The van der Waals surface area contributed by atoms with E-state index in [1.54, 1.807) is 0 Å². The molecule has 1 aliphatic heterocycles. The van der Waals surface area contributed by atoms with Gasteiger partial charge in [0.15, 0.2) is 0 Å². The van der Waals surface area contributed by atoms with Crippen molar-refractivity contribution in [2.24, 2.45) is 0 Å². The number of nitrogens with one attached hydrogen (secondary N) is 1. The maximum Gasteiger partial charge on any atom is 0.241 e. The van der Waals surface area contributed by atoms with Crippen molar-refractivity contribution >= 4 is 5.91 Å². The van der Waals surface area contributed by atoms with Crippen molar-refractivity contribution in [3.8, 4) is 0 Å². The van der Waals surface area contributed by atoms with Gasteiger partial charge in [-0.25, -0.2) is 0 Å². The zero-order valence-corrected chi connectivity index (χ0v) is 10.7. The molecule has 3 nitrogen and oxygen atoms in total. The Bertz CT molecular complexity index is 399. The van der Waals surface area contributed by atoms with Crippen molar-refractivity contribution in [3.05, 3.63) is 35.4 Å². The predicted molar refractivity (Wildman–Crippen MR) is 68.5 cm³/mol. The minimum atomic E-state index is -0.0761. The highest BCUT2D eigenvalue weighted by Crippen LogP contribution is 2.25. The largest absolute Gasteiger partial charge is 0.322 e. The van der Waals surface area contributed by atoms with Crippen LogP contribution in [0.2, 0.25) is 0 Å². The molecular formula is C14H20N2O. The number of benzene rings is 1. The summed E-state index contributed by atoms with van der Waals surface area (Å²) in [5.41, 5.74) is 2.41. The maximum absolute atomic E-state index is 12.0. The van der Waals surface area contributed by atoms with Gasteiger partial charge in [0.05, 0.1) is 6.04 Å². The van der Waals surface area contributed by atoms with E-state index >= 15 is 0 Å². The lowest BCUT2D eigenvalue weighted by molar-refractivity contribution is -0.129. The lowest BCUT2D eigenvalue weighted by Gasteiger charge is -2.24. The second-order valence-corrected chi connectivity index (χ2v) is 4.73. The maximum atomic E-state index is 12.0. The van der Waals surface area contributed by atoms with Gasteiger partial charge in [-0.15, -0.1) is 0 Å². The van der Waals surface area contributed by atoms with E-state index in [9.17, 15) is 4.79 Å². The van der Waals surface area contributed by atoms with Gasteiger partial charge in [-0.05, 0) is 25.8 Å². The van der Waals surface area contributed by atoms with Crippen molar-refractivity contribution in [3.63, 3.8) is 0 Å². The van der Waals surface area contributed by atoms with Crippen LogP contribution < -0.4 is 5.32 Å². The van der Waals surface area contributed by atoms with Crippen LogP contribution in [0, 0.1) is 6.92 Å². The lowest BCUT2D eigenvalue weighted by Crippen LogP contribution is -2.31. The molecule has 1 heterocycles. The van der Waals surface area contributed by atoms with Crippen molar-refractivity contribution in [2.75, 3.05) is 6.54 Å². The zero-order valence-electron chi connectivity index (χ0n) is 10.7. The molecule has 2 unspecified atom stereocenters. The van der Waals surface area contributed by atoms with Crippen LogP contribution in [0.15, 0.2) is 24.3 Å². The first-order chi connectivity index (χ1) is 8.13. The quantitative estimate of drug-likeness (QED) is 0.866. The Morgan fingerprint density at radius 2 is 1.94 bits per heavy atom. The summed E-state index contributed by atoms with van der Waals surface area (Å²) in [5.74, 6) is 0.206. The average molecular weight is 232 g/mol. The topological polar surface area (TPSA) is 32.3 Å². The number of carbonyl (C=O) groups excluding carboxylic acids is 1. The van der Waals surface area contributed by atoms with E-state index in [0.717, 1.165) is 13.0 Å². The van der Waals surface area contributed by atoms with Gasteiger partial charge < -0.3 is 4.90 Å². The normalized spacial score (nSPS) is 24.4. The number of nitrogens with zero attached hydrogens (tertiary/aromatic N) is 1. The summed E-state index contributed by atoms with van der Waals surface area (Å²) >= 11 is 0. The summed E-state index contributed by atoms with van der Waals surface area (Å²) in [4.78, 5) is 13.9. The molecule has 1 aliphatic rings. The first-order valence-corrected chi connectivity index (χ1v) is 6.26. The molecule has 0 radical (unpaired) electrons. The van der Waals surface area contributed by atoms with Crippen molar-refractivity contribution < 1.29 is 4.79 Å². The van der Waals surface area contributed by atoms with E-state index in [-0.39, 0.29) is 18.1 Å². The van der Waals surface area contributed by atoms with E-state index in [0.29, 0.717) is 0 Å². The monoisotopic (exact) mass is 232 g/mol. The number of aryl methyl sites for hydroxylation is 1. The number of hydrogen-bond donors (Lipinski definition) is 1. The Morgan fingerprint density at radius 1 is 1.29 bits per heavy atom. The van der Waals surface area contributed by atoms with Crippen molar-refractivity contribution in [1.82, 2.24) is 10.2 Å². The van der Waals surface area contributed by atoms with Crippen LogP contribution in [0.3, 0.4) is 0 Å². The number of carbonyl (C=O) groups is 1. The highest BCUT2D eigenvalue weighted by Gasteiger charge is 2.36. The molecule has 1 saturated heterocycles. The number of rotatable bonds is 3. The lowest BCUT2D eigenvalue weighted by atomic mass is 10.1. The zero-order chi connectivity index (χ0) is 12.4. The van der Waals surface area contributed by atoms with Crippen LogP contribution >= 0.6 is 0 Å². The fourth-order valence-corrected chi connectivity index (χ4v) is 2.28. The van der Waals surface area contributed by atoms with Gasteiger partial charge in [-0.1, -0.05) is 36.8 Å². The highest BCUT2D eigenvalue weighted by atomic mass is 16.2. The van der Waals surface area contributed by atoms with Crippen LogP contribution in [0.25, 0.3) is 0 Å². The van der Waals surface area contributed by atoms with Crippen LogP contribution in [0.5, 0.6) is 0 Å². The molecule has 1 aromatic rings. The molecule has 1 fully saturated rings. The minimum Gasteiger partial charge on any atom is -0.322 e. The standard InChI is InChI=1S/C14H20N2O/c1-4-9-16-13(15-11(3)14(16)17)12-7-5-10(2)6-8-12/h5-8,11,13,15H,4,9H2,1-3H3.